The van der Waals surface area contributed by atoms with Gasteiger partial charge in [-0.15, -0.1) is 11.3 Å². The maximum Gasteiger partial charge on any atom is 0.317 e. The second-order valence-corrected chi connectivity index (χ2v) is 6.73. The van der Waals surface area contributed by atoms with Gasteiger partial charge in [-0.05, 0) is 42.1 Å². The highest BCUT2D eigenvalue weighted by Gasteiger charge is 2.20. The second-order valence-electron chi connectivity index (χ2n) is 5.69. The topological polar surface area (TPSA) is 59.4 Å². The number of carbonyl (C=O) groups excluding carboxylic acids is 1. The van der Waals surface area contributed by atoms with Gasteiger partial charge in [0.1, 0.15) is 0 Å². The quantitative estimate of drug-likeness (QED) is 0.931. The third kappa shape index (κ3) is 4.06. The van der Waals surface area contributed by atoms with Crippen LogP contribution in [-0.2, 0) is 6.42 Å². The van der Waals surface area contributed by atoms with Gasteiger partial charge >= 0.3 is 6.03 Å². The number of anilines is 1. The van der Waals surface area contributed by atoms with E-state index in [9.17, 15) is 4.79 Å². The third-order valence-corrected chi connectivity index (χ3v) is 5.09. The highest BCUT2D eigenvalue weighted by Crippen LogP contribution is 2.17. The summed E-state index contributed by atoms with van der Waals surface area (Å²) in [6, 6.07) is 13.9. The molecule has 0 saturated carbocycles. The SMILES string of the molecule is N#Cc1ccc(N2CCN(C(=O)NCCc3cccs3)CC2)cc1. The van der Waals surface area contributed by atoms with Crippen LogP contribution in [-0.4, -0.2) is 43.7 Å². The Morgan fingerprint density at radius 3 is 2.54 bits per heavy atom. The summed E-state index contributed by atoms with van der Waals surface area (Å²) in [7, 11) is 0. The van der Waals surface area contributed by atoms with E-state index in [-0.39, 0.29) is 6.03 Å². The molecule has 1 aromatic carbocycles. The maximum absolute atomic E-state index is 12.2. The molecule has 1 aliphatic heterocycles. The van der Waals surface area contributed by atoms with E-state index in [0.29, 0.717) is 25.2 Å². The van der Waals surface area contributed by atoms with Crippen molar-refractivity contribution in [2.45, 2.75) is 6.42 Å². The number of nitrogens with one attached hydrogen (secondary N) is 1. The van der Waals surface area contributed by atoms with Crippen molar-refractivity contribution < 1.29 is 4.79 Å². The largest absolute Gasteiger partial charge is 0.368 e. The van der Waals surface area contributed by atoms with E-state index in [1.165, 1.54) is 4.88 Å². The summed E-state index contributed by atoms with van der Waals surface area (Å²) in [6.45, 7) is 3.72. The maximum atomic E-state index is 12.2. The predicted molar refractivity (Wildman–Crippen MR) is 96.4 cm³/mol. The molecular weight excluding hydrogens is 320 g/mol. The first-order chi connectivity index (χ1) is 11.8. The van der Waals surface area contributed by atoms with Gasteiger partial charge in [0.2, 0.25) is 0 Å². The molecule has 3 rings (SSSR count). The minimum absolute atomic E-state index is 0.0195. The van der Waals surface area contributed by atoms with Crippen LogP contribution in [0.3, 0.4) is 0 Å². The normalized spacial score (nSPS) is 14.3. The molecule has 2 aromatic rings. The lowest BCUT2D eigenvalue weighted by molar-refractivity contribution is 0.194. The molecule has 6 heteroatoms. The zero-order valence-corrected chi connectivity index (χ0v) is 14.3. The number of benzene rings is 1. The number of amides is 2. The summed E-state index contributed by atoms with van der Waals surface area (Å²) < 4.78 is 0. The van der Waals surface area contributed by atoms with Crippen LogP contribution in [0, 0.1) is 11.3 Å². The highest BCUT2D eigenvalue weighted by atomic mass is 32.1. The van der Waals surface area contributed by atoms with E-state index in [1.54, 1.807) is 11.3 Å². The third-order valence-electron chi connectivity index (χ3n) is 4.16. The van der Waals surface area contributed by atoms with Crippen LogP contribution in [0.5, 0.6) is 0 Å². The minimum Gasteiger partial charge on any atom is -0.368 e. The van der Waals surface area contributed by atoms with Crippen LogP contribution in [0.4, 0.5) is 10.5 Å². The van der Waals surface area contributed by atoms with E-state index in [4.69, 9.17) is 5.26 Å². The Morgan fingerprint density at radius 2 is 1.92 bits per heavy atom. The highest BCUT2D eigenvalue weighted by molar-refractivity contribution is 7.09. The number of hydrogen-bond acceptors (Lipinski definition) is 4. The number of piperazine rings is 1. The predicted octanol–water partition coefficient (Wildman–Crippen LogP) is 2.69. The molecule has 0 spiro atoms. The fourth-order valence-corrected chi connectivity index (χ4v) is 3.48. The van der Waals surface area contributed by atoms with Crippen LogP contribution >= 0.6 is 11.3 Å². The van der Waals surface area contributed by atoms with Crippen molar-refractivity contribution in [2.24, 2.45) is 0 Å². The molecule has 0 unspecified atom stereocenters. The lowest BCUT2D eigenvalue weighted by Crippen LogP contribution is -2.52. The Balaban J connectivity index is 1.44. The molecule has 0 atom stereocenters. The molecule has 1 saturated heterocycles. The van der Waals surface area contributed by atoms with Gasteiger partial charge in [0.05, 0.1) is 11.6 Å². The van der Waals surface area contributed by atoms with Crippen molar-refractivity contribution in [3.8, 4) is 6.07 Å². The van der Waals surface area contributed by atoms with Gasteiger partial charge in [-0.2, -0.15) is 5.26 Å². The van der Waals surface area contributed by atoms with Gasteiger partial charge < -0.3 is 15.1 Å². The fraction of sp³-hybridized carbons (Fsp3) is 0.333. The Hall–Kier alpha value is -2.52. The minimum atomic E-state index is 0.0195. The van der Waals surface area contributed by atoms with Crippen molar-refractivity contribution in [2.75, 3.05) is 37.6 Å². The Kier molecular flexibility index (Phi) is 5.34. The number of carbonyl (C=O) groups is 1. The second kappa shape index (κ2) is 7.84. The zero-order valence-electron chi connectivity index (χ0n) is 13.4. The van der Waals surface area contributed by atoms with Crippen molar-refractivity contribution in [3.05, 3.63) is 52.2 Å². The van der Waals surface area contributed by atoms with Gasteiger partial charge in [-0.3, -0.25) is 0 Å². The summed E-state index contributed by atoms with van der Waals surface area (Å²) >= 11 is 1.72. The number of nitriles is 1. The summed E-state index contributed by atoms with van der Waals surface area (Å²) in [5.41, 5.74) is 1.77. The Labute approximate surface area is 146 Å². The number of urea groups is 1. The van der Waals surface area contributed by atoms with Crippen molar-refractivity contribution >= 4 is 23.1 Å². The Morgan fingerprint density at radius 1 is 1.17 bits per heavy atom. The van der Waals surface area contributed by atoms with Crippen LogP contribution in [0.15, 0.2) is 41.8 Å². The van der Waals surface area contributed by atoms with Crippen LogP contribution < -0.4 is 10.2 Å². The van der Waals surface area contributed by atoms with Crippen molar-refractivity contribution in [1.82, 2.24) is 10.2 Å². The lowest BCUT2D eigenvalue weighted by Gasteiger charge is -2.36. The van der Waals surface area contributed by atoms with Crippen LogP contribution in [0.25, 0.3) is 0 Å². The standard InChI is InChI=1S/C18H20N4OS/c19-14-15-3-5-16(6-4-15)21-9-11-22(12-10-21)18(23)20-8-7-17-2-1-13-24-17/h1-6,13H,7-12H2,(H,20,23). The smallest absolute Gasteiger partial charge is 0.317 e. The van der Waals surface area contributed by atoms with Crippen molar-refractivity contribution in [3.63, 3.8) is 0 Å². The van der Waals surface area contributed by atoms with E-state index in [1.807, 2.05) is 35.2 Å². The molecule has 1 aliphatic rings. The lowest BCUT2D eigenvalue weighted by atomic mass is 10.2. The molecule has 1 aromatic heterocycles. The van der Waals surface area contributed by atoms with E-state index in [0.717, 1.165) is 25.2 Å². The zero-order chi connectivity index (χ0) is 16.8. The summed E-state index contributed by atoms with van der Waals surface area (Å²) in [4.78, 5) is 17.6. The van der Waals surface area contributed by atoms with Gasteiger partial charge in [0, 0.05) is 43.3 Å². The molecule has 5 nitrogen and oxygen atoms in total. The average molecular weight is 340 g/mol. The van der Waals surface area contributed by atoms with Crippen LogP contribution in [0.2, 0.25) is 0 Å². The number of thiophene rings is 1. The molecule has 124 valence electrons. The summed E-state index contributed by atoms with van der Waals surface area (Å²) in [6.07, 6.45) is 0.884. The molecule has 0 bridgehead atoms. The average Bonchev–Trinajstić information content (AvgIpc) is 3.15. The summed E-state index contributed by atoms with van der Waals surface area (Å²) in [5.74, 6) is 0. The van der Waals surface area contributed by atoms with Gasteiger partial charge in [-0.25, -0.2) is 4.79 Å². The number of hydrogen-bond donors (Lipinski definition) is 1. The van der Waals surface area contributed by atoms with E-state index < -0.39 is 0 Å². The molecular formula is C18H20N4OS. The number of nitrogens with zero attached hydrogens (tertiary/aromatic N) is 3. The molecule has 1 N–H and O–H groups in total. The molecule has 2 amide bonds. The first kappa shape index (κ1) is 16.3. The van der Waals surface area contributed by atoms with Gasteiger partial charge in [0.15, 0.2) is 0 Å². The molecule has 24 heavy (non-hydrogen) atoms. The van der Waals surface area contributed by atoms with Gasteiger partial charge in [0.25, 0.3) is 0 Å². The first-order valence-corrected chi connectivity index (χ1v) is 8.94. The van der Waals surface area contributed by atoms with Gasteiger partial charge in [-0.1, -0.05) is 6.07 Å². The fourth-order valence-electron chi connectivity index (χ4n) is 2.77. The Bertz CT molecular complexity index is 698. The van der Waals surface area contributed by atoms with Crippen LogP contribution in [0.1, 0.15) is 10.4 Å². The molecule has 2 heterocycles. The molecule has 0 radical (unpaired) electrons. The first-order valence-electron chi connectivity index (χ1n) is 8.06. The monoisotopic (exact) mass is 340 g/mol. The summed E-state index contributed by atoms with van der Waals surface area (Å²) in [5, 5.41) is 13.9. The van der Waals surface area contributed by atoms with E-state index in [2.05, 4.69) is 27.7 Å². The molecule has 1 fully saturated rings. The van der Waals surface area contributed by atoms with E-state index >= 15 is 0 Å². The van der Waals surface area contributed by atoms with Crippen molar-refractivity contribution in [1.29, 1.82) is 5.26 Å². The molecule has 0 aliphatic carbocycles. The number of rotatable bonds is 4.